The molecule has 106 valence electrons. The quantitative estimate of drug-likeness (QED) is 0.848. The lowest BCUT2D eigenvalue weighted by molar-refractivity contribution is -0.120. The summed E-state index contributed by atoms with van der Waals surface area (Å²) in [5.41, 5.74) is 2.96. The smallest absolute Gasteiger partial charge is 0.272 e. The number of hydrogen-bond donors (Lipinski definition) is 1. The molecule has 7 heteroatoms. The second-order valence-corrected chi connectivity index (χ2v) is 7.28. The van der Waals surface area contributed by atoms with Gasteiger partial charge in [0.05, 0.1) is 12.2 Å². The molecule has 1 amide bonds. The van der Waals surface area contributed by atoms with Crippen LogP contribution in [0.1, 0.15) is 11.3 Å². The van der Waals surface area contributed by atoms with E-state index in [0.29, 0.717) is 0 Å². The molecule has 0 radical (unpaired) electrons. The molecule has 0 atom stereocenters. The van der Waals surface area contributed by atoms with Crippen molar-refractivity contribution in [3.05, 3.63) is 40.9 Å². The van der Waals surface area contributed by atoms with Crippen molar-refractivity contribution in [2.45, 2.75) is 17.3 Å². The lowest BCUT2D eigenvalue weighted by Crippen LogP contribution is -2.34. The van der Waals surface area contributed by atoms with Crippen LogP contribution in [0.4, 0.5) is 0 Å². The number of benzene rings is 1. The van der Waals surface area contributed by atoms with E-state index in [9.17, 15) is 4.79 Å². The Balaban J connectivity index is 2.07. The Morgan fingerprint density at radius 3 is 2.70 bits per heavy atom. The molecule has 0 saturated heterocycles. The van der Waals surface area contributed by atoms with Gasteiger partial charge in [-0.25, -0.2) is 4.98 Å². The van der Waals surface area contributed by atoms with Crippen molar-refractivity contribution in [1.29, 1.82) is 0 Å². The molecule has 1 N–H and O–H groups in total. The Hall–Kier alpha value is -0.810. The highest BCUT2D eigenvalue weighted by atomic mass is 35.6. The molecule has 0 bridgehead atoms. The molecular weight excluding hydrogens is 339 g/mol. The van der Waals surface area contributed by atoms with Crippen molar-refractivity contribution in [3.63, 3.8) is 0 Å². The number of rotatable bonds is 3. The molecule has 0 saturated carbocycles. The van der Waals surface area contributed by atoms with E-state index in [0.717, 1.165) is 21.8 Å². The summed E-state index contributed by atoms with van der Waals surface area (Å²) in [7, 11) is 0. The van der Waals surface area contributed by atoms with Crippen LogP contribution < -0.4 is 5.32 Å². The predicted molar refractivity (Wildman–Crippen MR) is 84.4 cm³/mol. The fourth-order valence-corrected chi connectivity index (χ4v) is 2.71. The Bertz CT molecular complexity index is 622. The molecule has 20 heavy (non-hydrogen) atoms. The number of nitrogens with zero attached hydrogens (tertiary/aromatic N) is 1. The first-order valence-electron chi connectivity index (χ1n) is 5.73. The second-order valence-electron chi connectivity index (χ2n) is 4.14. The Labute approximate surface area is 135 Å². The van der Waals surface area contributed by atoms with Gasteiger partial charge in [-0.05, 0) is 12.5 Å². The highest BCUT2D eigenvalue weighted by Gasteiger charge is 2.30. The summed E-state index contributed by atoms with van der Waals surface area (Å²) in [5.74, 6) is -0.659. The molecule has 2 rings (SSSR count). The number of halogens is 3. The van der Waals surface area contributed by atoms with E-state index in [1.807, 2.05) is 36.6 Å². The summed E-state index contributed by atoms with van der Waals surface area (Å²) in [6.45, 7) is 2.26. The van der Waals surface area contributed by atoms with Crippen LogP contribution in [0.3, 0.4) is 0 Å². The number of carbonyl (C=O) groups excluding carboxylic acids is 1. The van der Waals surface area contributed by atoms with Crippen LogP contribution in [-0.2, 0) is 11.3 Å². The SMILES string of the molecule is Cc1ccccc1-c1nc(CNC(=O)C(Cl)(Cl)Cl)cs1. The molecular formula is C13H11Cl3N2OS. The average molecular weight is 350 g/mol. The van der Waals surface area contributed by atoms with Crippen molar-refractivity contribution in [2.75, 3.05) is 0 Å². The largest absolute Gasteiger partial charge is 0.347 e. The summed E-state index contributed by atoms with van der Waals surface area (Å²) >= 11 is 17.9. The van der Waals surface area contributed by atoms with E-state index in [4.69, 9.17) is 34.8 Å². The van der Waals surface area contributed by atoms with Crippen LogP contribution >= 0.6 is 46.1 Å². The van der Waals surface area contributed by atoms with Crippen LogP contribution in [0.15, 0.2) is 29.6 Å². The van der Waals surface area contributed by atoms with Gasteiger partial charge in [-0.15, -0.1) is 11.3 Å². The van der Waals surface area contributed by atoms with E-state index in [1.54, 1.807) is 0 Å². The topological polar surface area (TPSA) is 42.0 Å². The van der Waals surface area contributed by atoms with Gasteiger partial charge in [-0.3, -0.25) is 4.79 Å². The van der Waals surface area contributed by atoms with Gasteiger partial charge in [0.15, 0.2) is 0 Å². The third kappa shape index (κ3) is 3.85. The first-order valence-corrected chi connectivity index (χ1v) is 7.74. The fourth-order valence-electron chi connectivity index (χ4n) is 1.60. The number of nitrogens with one attached hydrogen (secondary N) is 1. The van der Waals surface area contributed by atoms with Crippen molar-refractivity contribution >= 4 is 52.0 Å². The number of aromatic nitrogens is 1. The maximum absolute atomic E-state index is 11.4. The normalized spacial score (nSPS) is 11.4. The number of amides is 1. The monoisotopic (exact) mass is 348 g/mol. The first-order chi connectivity index (χ1) is 9.38. The summed E-state index contributed by atoms with van der Waals surface area (Å²) in [6.07, 6.45) is 0. The van der Waals surface area contributed by atoms with E-state index in [1.165, 1.54) is 11.3 Å². The van der Waals surface area contributed by atoms with Gasteiger partial charge < -0.3 is 5.32 Å². The van der Waals surface area contributed by atoms with Crippen molar-refractivity contribution in [3.8, 4) is 10.6 Å². The van der Waals surface area contributed by atoms with Crippen LogP contribution in [-0.4, -0.2) is 14.7 Å². The van der Waals surface area contributed by atoms with Crippen LogP contribution in [0.2, 0.25) is 0 Å². The number of hydrogen-bond acceptors (Lipinski definition) is 3. The average Bonchev–Trinajstić information content (AvgIpc) is 2.84. The van der Waals surface area contributed by atoms with Crippen molar-refractivity contribution in [1.82, 2.24) is 10.3 Å². The van der Waals surface area contributed by atoms with Crippen molar-refractivity contribution in [2.24, 2.45) is 0 Å². The van der Waals surface area contributed by atoms with Crippen LogP contribution in [0.5, 0.6) is 0 Å². The maximum atomic E-state index is 11.4. The number of thiazole rings is 1. The van der Waals surface area contributed by atoms with Gasteiger partial charge >= 0.3 is 0 Å². The fraction of sp³-hybridized carbons (Fsp3) is 0.231. The minimum atomic E-state index is -1.95. The minimum absolute atomic E-state index is 0.231. The van der Waals surface area contributed by atoms with Crippen molar-refractivity contribution < 1.29 is 4.79 Å². The highest BCUT2D eigenvalue weighted by Crippen LogP contribution is 2.28. The Kier molecular flexibility index (Phi) is 4.91. The zero-order chi connectivity index (χ0) is 14.8. The third-order valence-electron chi connectivity index (χ3n) is 2.61. The van der Waals surface area contributed by atoms with Gasteiger partial charge in [-0.2, -0.15) is 0 Å². The van der Waals surface area contributed by atoms with Gasteiger partial charge in [0.25, 0.3) is 9.70 Å². The van der Waals surface area contributed by atoms with E-state index in [2.05, 4.69) is 10.3 Å². The zero-order valence-electron chi connectivity index (χ0n) is 10.5. The summed E-state index contributed by atoms with van der Waals surface area (Å²) < 4.78 is -1.95. The Morgan fingerprint density at radius 1 is 1.35 bits per heavy atom. The van der Waals surface area contributed by atoms with Crippen LogP contribution in [0.25, 0.3) is 10.6 Å². The lowest BCUT2D eigenvalue weighted by Gasteiger charge is -2.09. The number of alkyl halides is 3. The summed E-state index contributed by atoms with van der Waals surface area (Å²) in [6, 6.07) is 7.99. The molecule has 1 heterocycles. The number of carbonyl (C=O) groups is 1. The van der Waals surface area contributed by atoms with E-state index >= 15 is 0 Å². The van der Waals surface area contributed by atoms with Crippen LogP contribution in [0, 0.1) is 6.92 Å². The van der Waals surface area contributed by atoms with Gasteiger partial charge in [-0.1, -0.05) is 59.1 Å². The molecule has 3 nitrogen and oxygen atoms in total. The maximum Gasteiger partial charge on any atom is 0.272 e. The third-order valence-corrected chi connectivity index (χ3v) is 4.05. The molecule has 0 aliphatic carbocycles. The Morgan fingerprint density at radius 2 is 2.05 bits per heavy atom. The molecule has 0 aliphatic rings. The van der Waals surface area contributed by atoms with Gasteiger partial charge in [0.1, 0.15) is 5.01 Å². The van der Waals surface area contributed by atoms with E-state index in [-0.39, 0.29) is 6.54 Å². The minimum Gasteiger partial charge on any atom is -0.347 e. The summed E-state index contributed by atoms with van der Waals surface area (Å²) in [5, 5.41) is 5.31. The number of aryl methyl sites for hydroxylation is 1. The van der Waals surface area contributed by atoms with Gasteiger partial charge in [0.2, 0.25) is 0 Å². The molecule has 0 aliphatic heterocycles. The zero-order valence-corrected chi connectivity index (χ0v) is 13.6. The molecule has 1 aromatic carbocycles. The molecule has 2 aromatic rings. The summed E-state index contributed by atoms with van der Waals surface area (Å²) in [4.78, 5) is 15.9. The van der Waals surface area contributed by atoms with E-state index < -0.39 is 9.70 Å². The molecule has 0 unspecified atom stereocenters. The van der Waals surface area contributed by atoms with Gasteiger partial charge in [0, 0.05) is 10.9 Å². The first kappa shape index (κ1) is 15.6. The predicted octanol–water partition coefficient (Wildman–Crippen LogP) is 4.10. The highest BCUT2D eigenvalue weighted by molar-refractivity contribution is 7.13. The molecule has 0 spiro atoms. The lowest BCUT2D eigenvalue weighted by atomic mass is 10.1. The second kappa shape index (κ2) is 6.31. The molecule has 1 aromatic heterocycles. The standard InChI is InChI=1S/C13H11Cl3N2OS/c1-8-4-2-3-5-10(8)11-18-9(7-20-11)6-17-12(19)13(14,15)16/h2-5,7H,6H2,1H3,(H,17,19). The molecule has 0 fully saturated rings.